The summed E-state index contributed by atoms with van der Waals surface area (Å²) in [5.74, 6) is -1.48. The van der Waals surface area contributed by atoms with E-state index in [0.717, 1.165) is 0 Å². The molecule has 0 aliphatic rings. The highest BCUT2D eigenvalue weighted by Gasteiger charge is 2.22. The van der Waals surface area contributed by atoms with Crippen molar-refractivity contribution < 1.29 is 27.0 Å². The molecule has 0 aromatic heterocycles. The molecule has 0 unspecified atom stereocenters. The molecule has 0 amide bonds. The molecule has 4 N–H and O–H groups in total. The number of aliphatic hydroxyl groups is 2. The summed E-state index contributed by atoms with van der Waals surface area (Å²) in [6.07, 6.45) is 0. The molecule has 0 saturated carbocycles. The second-order valence-electron chi connectivity index (χ2n) is 4.23. The Balaban J connectivity index is 3.29. The van der Waals surface area contributed by atoms with Crippen molar-refractivity contribution in [1.82, 2.24) is 0 Å². The molecule has 20 heavy (non-hydrogen) atoms. The van der Waals surface area contributed by atoms with Crippen molar-refractivity contribution >= 4 is 25.4 Å². The average molecular weight is 323 g/mol. The maximum atomic E-state index is 12.0. The fourth-order valence-corrected chi connectivity index (χ4v) is 4.19. The number of hydrogen-bond acceptors (Lipinski definition) is 7. The molecule has 0 aliphatic carbocycles. The smallest absolute Gasteiger partial charge is 0.180 e. The maximum Gasteiger partial charge on any atom is 0.180 e. The van der Waals surface area contributed by atoms with Gasteiger partial charge >= 0.3 is 0 Å². The summed E-state index contributed by atoms with van der Waals surface area (Å²) >= 11 is 0. The van der Waals surface area contributed by atoms with Crippen molar-refractivity contribution in [2.24, 2.45) is 0 Å². The number of nitrogens with two attached hydrogens (primary N) is 1. The van der Waals surface area contributed by atoms with E-state index in [4.69, 9.17) is 15.9 Å². The van der Waals surface area contributed by atoms with Crippen LogP contribution in [0.3, 0.4) is 0 Å². The van der Waals surface area contributed by atoms with Crippen LogP contribution < -0.4 is 5.73 Å². The molecule has 0 radical (unpaired) electrons. The van der Waals surface area contributed by atoms with Gasteiger partial charge in [0.15, 0.2) is 19.7 Å². The van der Waals surface area contributed by atoms with Gasteiger partial charge in [-0.3, -0.25) is 0 Å². The van der Waals surface area contributed by atoms with Crippen molar-refractivity contribution in [2.75, 3.05) is 30.5 Å². The molecule has 0 aliphatic heterocycles. The third-order valence-electron chi connectivity index (χ3n) is 2.56. The lowest BCUT2D eigenvalue weighted by atomic mass is 10.2. The maximum absolute atomic E-state index is 12.0. The van der Waals surface area contributed by atoms with E-state index < -0.39 is 50.1 Å². The van der Waals surface area contributed by atoms with E-state index in [1.165, 1.54) is 18.2 Å². The highest BCUT2D eigenvalue weighted by Crippen LogP contribution is 2.22. The Morgan fingerprint density at radius 2 is 1.60 bits per heavy atom. The second kappa shape index (κ2) is 6.53. The van der Waals surface area contributed by atoms with E-state index >= 15 is 0 Å². The van der Waals surface area contributed by atoms with E-state index in [0.29, 0.717) is 0 Å². The van der Waals surface area contributed by atoms with Crippen LogP contribution in [0.2, 0.25) is 0 Å². The number of benzene rings is 1. The minimum absolute atomic E-state index is 0.0481. The Kier molecular flexibility index (Phi) is 5.51. The first-order valence-electron chi connectivity index (χ1n) is 5.75. The number of sulfone groups is 2. The molecule has 1 rings (SSSR count). The van der Waals surface area contributed by atoms with Gasteiger partial charge in [0.25, 0.3) is 0 Å². The lowest BCUT2D eigenvalue weighted by Gasteiger charge is -2.11. The molecule has 0 heterocycles. The summed E-state index contributed by atoms with van der Waals surface area (Å²) < 4.78 is 47.3. The van der Waals surface area contributed by atoms with Crippen LogP contribution in [0.1, 0.15) is 5.56 Å². The molecule has 0 fully saturated rings. The molecule has 0 spiro atoms. The summed E-state index contributed by atoms with van der Waals surface area (Å²) in [4.78, 5) is -0.165. The Labute approximate surface area is 117 Å². The van der Waals surface area contributed by atoms with Crippen LogP contribution in [0.4, 0.5) is 5.69 Å². The van der Waals surface area contributed by atoms with Crippen LogP contribution in [-0.4, -0.2) is 51.8 Å². The fraction of sp³-hybridized carbons (Fsp3) is 0.455. The van der Waals surface area contributed by atoms with Crippen molar-refractivity contribution in [1.29, 1.82) is 0 Å². The van der Waals surface area contributed by atoms with Gasteiger partial charge in [-0.1, -0.05) is 0 Å². The lowest BCUT2D eigenvalue weighted by molar-refractivity contribution is 0.319. The molecule has 1 aromatic carbocycles. The summed E-state index contributed by atoms with van der Waals surface area (Å²) in [7, 11) is -7.41. The van der Waals surface area contributed by atoms with E-state index in [1.807, 2.05) is 0 Å². The molecular weight excluding hydrogens is 306 g/mol. The molecule has 9 heteroatoms. The van der Waals surface area contributed by atoms with E-state index in [-0.39, 0.29) is 16.1 Å². The zero-order valence-electron chi connectivity index (χ0n) is 10.7. The molecule has 114 valence electrons. The van der Waals surface area contributed by atoms with Crippen LogP contribution >= 0.6 is 0 Å². The highest BCUT2D eigenvalue weighted by atomic mass is 32.2. The predicted molar refractivity (Wildman–Crippen MR) is 74.6 cm³/mol. The van der Waals surface area contributed by atoms with Crippen LogP contribution in [0, 0.1) is 0 Å². The molecule has 0 saturated heterocycles. The Morgan fingerprint density at radius 1 is 1.00 bits per heavy atom. The van der Waals surface area contributed by atoms with Crippen LogP contribution in [0.25, 0.3) is 0 Å². The predicted octanol–water partition coefficient (Wildman–Crippen LogP) is -1.06. The van der Waals surface area contributed by atoms with Crippen molar-refractivity contribution in [3.05, 3.63) is 23.8 Å². The molecule has 0 bridgehead atoms. The van der Waals surface area contributed by atoms with Crippen molar-refractivity contribution in [2.45, 2.75) is 10.6 Å². The topological polar surface area (TPSA) is 135 Å². The molecular formula is C11H17NO6S2. The van der Waals surface area contributed by atoms with Crippen molar-refractivity contribution in [3.63, 3.8) is 0 Å². The minimum atomic E-state index is -3.78. The summed E-state index contributed by atoms with van der Waals surface area (Å²) in [5.41, 5.74) is 5.84. The molecule has 1 aromatic rings. The van der Waals surface area contributed by atoms with Crippen LogP contribution in [0.15, 0.2) is 23.1 Å². The Morgan fingerprint density at radius 3 is 2.15 bits per heavy atom. The van der Waals surface area contributed by atoms with Gasteiger partial charge in [0.05, 0.1) is 35.4 Å². The summed E-state index contributed by atoms with van der Waals surface area (Å²) in [5, 5.41) is 17.5. The first kappa shape index (κ1) is 16.9. The Bertz CT molecular complexity index is 666. The normalized spacial score (nSPS) is 12.5. The van der Waals surface area contributed by atoms with Gasteiger partial charge in [-0.25, -0.2) is 16.8 Å². The average Bonchev–Trinajstić information content (AvgIpc) is 2.27. The monoisotopic (exact) mass is 323 g/mol. The van der Waals surface area contributed by atoms with Gasteiger partial charge in [0, 0.05) is 5.69 Å². The Hall–Kier alpha value is -1.16. The standard InChI is InChI=1S/C11H17NO6S2/c12-10-1-2-11(20(17,18)6-4-14)9(7-10)8-19(15,16)5-3-13/h1-2,7,13-14H,3-6,8,12H2. The SMILES string of the molecule is Nc1ccc(S(=O)(=O)CCO)c(CS(=O)(=O)CCO)c1. The van der Waals surface area contributed by atoms with E-state index in [9.17, 15) is 16.8 Å². The third kappa shape index (κ3) is 4.44. The number of hydrogen-bond donors (Lipinski definition) is 3. The van der Waals surface area contributed by atoms with Gasteiger partial charge in [0.2, 0.25) is 0 Å². The quantitative estimate of drug-likeness (QED) is 0.544. The minimum Gasteiger partial charge on any atom is -0.399 e. The van der Waals surface area contributed by atoms with E-state index in [1.54, 1.807) is 0 Å². The van der Waals surface area contributed by atoms with Crippen LogP contribution in [-0.2, 0) is 25.4 Å². The number of aliphatic hydroxyl groups excluding tert-OH is 2. The number of anilines is 1. The first-order chi connectivity index (χ1) is 9.22. The van der Waals surface area contributed by atoms with Crippen LogP contribution in [0.5, 0.6) is 0 Å². The highest BCUT2D eigenvalue weighted by molar-refractivity contribution is 7.92. The first-order valence-corrected chi connectivity index (χ1v) is 9.22. The second-order valence-corrected chi connectivity index (χ2v) is 8.49. The van der Waals surface area contributed by atoms with Gasteiger partial charge in [0.1, 0.15) is 0 Å². The lowest BCUT2D eigenvalue weighted by Crippen LogP contribution is -2.17. The van der Waals surface area contributed by atoms with Gasteiger partial charge in [-0.2, -0.15) is 0 Å². The van der Waals surface area contributed by atoms with Crippen molar-refractivity contribution in [3.8, 4) is 0 Å². The van der Waals surface area contributed by atoms with E-state index in [2.05, 4.69) is 0 Å². The van der Waals surface area contributed by atoms with Gasteiger partial charge in [-0.15, -0.1) is 0 Å². The third-order valence-corrected chi connectivity index (χ3v) is 5.90. The fourth-order valence-electron chi connectivity index (χ4n) is 1.69. The molecule has 7 nitrogen and oxygen atoms in total. The number of rotatable bonds is 7. The largest absolute Gasteiger partial charge is 0.399 e. The zero-order valence-corrected chi connectivity index (χ0v) is 12.3. The van der Waals surface area contributed by atoms with Gasteiger partial charge in [-0.05, 0) is 23.8 Å². The van der Waals surface area contributed by atoms with Gasteiger partial charge < -0.3 is 15.9 Å². The molecule has 0 atom stereocenters. The summed E-state index contributed by atoms with van der Waals surface area (Å²) in [6, 6.07) is 3.86. The summed E-state index contributed by atoms with van der Waals surface area (Å²) in [6.45, 7) is -1.10. The number of nitrogen functional groups attached to an aromatic ring is 1. The zero-order chi connectivity index (χ0) is 15.4.